The molecule has 0 bridgehead atoms. The highest BCUT2D eigenvalue weighted by atomic mass is 79.9. The van der Waals surface area contributed by atoms with Gasteiger partial charge in [0.2, 0.25) is 0 Å². The number of aromatic nitrogens is 1. The molecular weight excluding hydrogens is 380 g/mol. The maximum atomic E-state index is 12.1. The number of carbonyl (C=O) groups excluding carboxylic acids is 1. The molecule has 0 atom stereocenters. The van der Waals surface area contributed by atoms with Crippen LogP contribution in [0.5, 0.6) is 0 Å². The van der Waals surface area contributed by atoms with Crippen LogP contribution >= 0.6 is 15.9 Å². The lowest BCUT2D eigenvalue weighted by molar-refractivity contribution is 0.158. The van der Waals surface area contributed by atoms with Gasteiger partial charge >= 0.3 is 6.09 Å². The first-order valence-electron chi connectivity index (χ1n) is 7.96. The van der Waals surface area contributed by atoms with E-state index in [0.717, 1.165) is 4.47 Å². The first-order valence-corrected chi connectivity index (χ1v) is 8.75. The molecule has 0 unspecified atom stereocenters. The fraction of sp³-hybridized carbons (Fsp3) is 0.100. The van der Waals surface area contributed by atoms with Crippen LogP contribution < -0.4 is 5.32 Å². The molecular formula is C20H15BrN2O2. The van der Waals surface area contributed by atoms with E-state index in [2.05, 4.69) is 50.5 Å². The molecule has 5 heteroatoms. The number of ether oxygens (including phenoxy) is 1. The van der Waals surface area contributed by atoms with Crippen LogP contribution in [0, 0.1) is 0 Å². The number of nitrogens with zero attached hydrogens (tertiary/aromatic N) is 1. The minimum Gasteiger partial charge on any atom is -0.448 e. The zero-order valence-corrected chi connectivity index (χ0v) is 14.9. The molecule has 0 radical (unpaired) electrons. The molecule has 25 heavy (non-hydrogen) atoms. The van der Waals surface area contributed by atoms with Gasteiger partial charge in [-0.3, -0.25) is 5.32 Å². The Morgan fingerprint density at radius 1 is 1.00 bits per heavy atom. The first-order chi connectivity index (χ1) is 12.2. The number of rotatable bonds is 3. The molecule has 0 aliphatic heterocycles. The van der Waals surface area contributed by atoms with Gasteiger partial charge in [-0.1, -0.05) is 48.5 Å². The van der Waals surface area contributed by atoms with E-state index >= 15 is 0 Å². The summed E-state index contributed by atoms with van der Waals surface area (Å²) in [6.07, 6.45) is 1.12. The standard InChI is InChI=1S/C20H15BrN2O2/c21-13-9-10-19(22-11-13)23-20(24)25-12-18-16-7-3-1-5-14(16)15-6-2-4-8-17(15)18/h1-11,18H,12H2,(H,22,23,24). The average molecular weight is 395 g/mol. The molecule has 0 saturated heterocycles. The molecule has 1 aliphatic rings. The number of hydrogen-bond acceptors (Lipinski definition) is 3. The summed E-state index contributed by atoms with van der Waals surface area (Å²) in [4.78, 5) is 16.2. The molecule has 1 N–H and O–H groups in total. The van der Waals surface area contributed by atoms with Gasteiger partial charge in [-0.25, -0.2) is 9.78 Å². The van der Waals surface area contributed by atoms with Gasteiger partial charge in [0.25, 0.3) is 0 Å². The molecule has 4 nitrogen and oxygen atoms in total. The van der Waals surface area contributed by atoms with Crippen LogP contribution in [-0.2, 0) is 4.74 Å². The third-order valence-corrected chi connectivity index (χ3v) is 4.77. The van der Waals surface area contributed by atoms with Gasteiger partial charge in [-0.2, -0.15) is 0 Å². The molecule has 2 aromatic carbocycles. The van der Waals surface area contributed by atoms with E-state index in [1.165, 1.54) is 22.3 Å². The van der Waals surface area contributed by atoms with Crippen molar-refractivity contribution in [2.45, 2.75) is 5.92 Å². The summed E-state index contributed by atoms with van der Waals surface area (Å²) in [5.41, 5.74) is 4.81. The SMILES string of the molecule is O=C(Nc1ccc(Br)cn1)OCC1c2ccccc2-c2ccccc21. The number of nitrogens with one attached hydrogen (secondary N) is 1. The number of pyridine rings is 1. The zero-order chi connectivity index (χ0) is 17.2. The van der Waals surface area contributed by atoms with Crippen LogP contribution in [0.15, 0.2) is 71.3 Å². The van der Waals surface area contributed by atoms with Crippen LogP contribution in [0.2, 0.25) is 0 Å². The van der Waals surface area contributed by atoms with E-state index in [4.69, 9.17) is 4.74 Å². The maximum absolute atomic E-state index is 12.1. The second-order valence-corrected chi connectivity index (χ2v) is 6.73. The van der Waals surface area contributed by atoms with Crippen molar-refractivity contribution in [1.29, 1.82) is 0 Å². The maximum Gasteiger partial charge on any atom is 0.412 e. The number of fused-ring (bicyclic) bond motifs is 3. The molecule has 0 spiro atoms. The minimum atomic E-state index is -0.503. The molecule has 0 saturated carbocycles. The van der Waals surface area contributed by atoms with Crippen molar-refractivity contribution in [2.75, 3.05) is 11.9 Å². The van der Waals surface area contributed by atoms with Crippen molar-refractivity contribution in [3.8, 4) is 11.1 Å². The van der Waals surface area contributed by atoms with E-state index in [-0.39, 0.29) is 12.5 Å². The highest BCUT2D eigenvalue weighted by Crippen LogP contribution is 2.44. The van der Waals surface area contributed by atoms with Gasteiger partial charge < -0.3 is 4.74 Å². The summed E-state index contributed by atoms with van der Waals surface area (Å²) < 4.78 is 6.32. The highest BCUT2D eigenvalue weighted by molar-refractivity contribution is 9.10. The van der Waals surface area contributed by atoms with E-state index in [9.17, 15) is 4.79 Å². The van der Waals surface area contributed by atoms with Crippen molar-refractivity contribution in [1.82, 2.24) is 4.98 Å². The quantitative estimate of drug-likeness (QED) is 0.663. The second-order valence-electron chi connectivity index (χ2n) is 5.81. The predicted octanol–water partition coefficient (Wildman–Crippen LogP) is 5.21. The molecule has 1 aliphatic carbocycles. The van der Waals surface area contributed by atoms with Crippen LogP contribution in [0.25, 0.3) is 11.1 Å². The monoisotopic (exact) mass is 394 g/mol. The van der Waals surface area contributed by atoms with Crippen LogP contribution in [0.3, 0.4) is 0 Å². The molecule has 3 aromatic rings. The molecule has 1 amide bonds. The number of hydrogen-bond donors (Lipinski definition) is 1. The number of carbonyl (C=O) groups is 1. The summed E-state index contributed by atoms with van der Waals surface area (Å²) in [6.45, 7) is 0.288. The summed E-state index contributed by atoms with van der Waals surface area (Å²) in [5.74, 6) is 0.511. The van der Waals surface area contributed by atoms with E-state index in [1.807, 2.05) is 30.3 Å². The summed E-state index contributed by atoms with van der Waals surface area (Å²) in [6, 6.07) is 20.0. The Hall–Kier alpha value is -2.66. The Labute approximate surface area is 154 Å². The number of halogens is 1. The van der Waals surface area contributed by atoms with Crippen LogP contribution in [-0.4, -0.2) is 17.7 Å². The lowest BCUT2D eigenvalue weighted by Crippen LogP contribution is -2.18. The molecule has 1 heterocycles. The van der Waals surface area contributed by atoms with Crippen molar-refractivity contribution >= 4 is 27.8 Å². The lowest BCUT2D eigenvalue weighted by Gasteiger charge is -2.14. The Morgan fingerprint density at radius 3 is 2.24 bits per heavy atom. The normalized spacial score (nSPS) is 12.4. The smallest absolute Gasteiger partial charge is 0.412 e. The van der Waals surface area contributed by atoms with Crippen molar-refractivity contribution in [3.63, 3.8) is 0 Å². The first kappa shape index (κ1) is 15.8. The molecule has 1 aromatic heterocycles. The van der Waals surface area contributed by atoms with E-state index in [0.29, 0.717) is 5.82 Å². The molecule has 124 valence electrons. The number of amides is 1. The van der Waals surface area contributed by atoms with Crippen LogP contribution in [0.1, 0.15) is 17.0 Å². The van der Waals surface area contributed by atoms with E-state index in [1.54, 1.807) is 12.3 Å². The zero-order valence-electron chi connectivity index (χ0n) is 13.3. The summed E-state index contributed by atoms with van der Waals surface area (Å²) >= 11 is 3.31. The van der Waals surface area contributed by atoms with Crippen LogP contribution in [0.4, 0.5) is 10.6 Å². The van der Waals surface area contributed by atoms with Crippen molar-refractivity contribution in [3.05, 3.63) is 82.5 Å². The number of benzene rings is 2. The fourth-order valence-electron chi connectivity index (χ4n) is 3.19. The minimum absolute atomic E-state index is 0.0519. The van der Waals surface area contributed by atoms with Crippen molar-refractivity contribution < 1.29 is 9.53 Å². The van der Waals surface area contributed by atoms with Gasteiger partial charge in [-0.15, -0.1) is 0 Å². The molecule has 4 rings (SSSR count). The van der Waals surface area contributed by atoms with E-state index < -0.39 is 6.09 Å². The van der Waals surface area contributed by atoms with Gasteiger partial charge in [0.1, 0.15) is 12.4 Å². The van der Waals surface area contributed by atoms with Gasteiger partial charge in [-0.05, 0) is 50.3 Å². The Bertz CT molecular complexity index is 879. The summed E-state index contributed by atoms with van der Waals surface area (Å²) in [7, 11) is 0. The third kappa shape index (κ3) is 3.15. The summed E-state index contributed by atoms with van der Waals surface area (Å²) in [5, 5.41) is 2.65. The largest absolute Gasteiger partial charge is 0.448 e. The van der Waals surface area contributed by atoms with Gasteiger partial charge in [0, 0.05) is 16.6 Å². The average Bonchev–Trinajstić information content (AvgIpc) is 2.96. The Morgan fingerprint density at radius 2 is 1.64 bits per heavy atom. The molecule has 0 fully saturated rings. The topological polar surface area (TPSA) is 51.2 Å². The van der Waals surface area contributed by atoms with Gasteiger partial charge in [0.15, 0.2) is 0 Å². The third-order valence-electron chi connectivity index (χ3n) is 4.30. The van der Waals surface area contributed by atoms with Gasteiger partial charge in [0.05, 0.1) is 0 Å². The lowest BCUT2D eigenvalue weighted by atomic mass is 9.98. The Balaban J connectivity index is 1.49. The Kier molecular flexibility index (Phi) is 4.24. The predicted molar refractivity (Wildman–Crippen MR) is 101 cm³/mol. The number of anilines is 1. The second kappa shape index (κ2) is 6.69. The van der Waals surface area contributed by atoms with Crippen molar-refractivity contribution in [2.24, 2.45) is 0 Å². The highest BCUT2D eigenvalue weighted by Gasteiger charge is 2.28. The fourth-order valence-corrected chi connectivity index (χ4v) is 3.42.